The summed E-state index contributed by atoms with van der Waals surface area (Å²) in [7, 11) is 0. The molecule has 0 saturated carbocycles. The minimum absolute atomic E-state index is 0.0608. The molecule has 1 heterocycles. The molecule has 1 aliphatic heterocycles. The Morgan fingerprint density at radius 3 is 2.65 bits per heavy atom. The van der Waals surface area contributed by atoms with E-state index in [1.807, 2.05) is 18.2 Å². The van der Waals surface area contributed by atoms with Crippen LogP contribution in [0.3, 0.4) is 0 Å². The maximum absolute atomic E-state index is 5.76. The normalized spacial score (nSPS) is 20.6. The van der Waals surface area contributed by atoms with Gasteiger partial charge in [0.15, 0.2) is 0 Å². The SMILES string of the molecule is Nc1ccc2cc(C3COCCO3)ccc2c1. The third-order valence-corrected chi connectivity index (χ3v) is 3.08. The first kappa shape index (κ1) is 10.6. The Morgan fingerprint density at radius 2 is 1.82 bits per heavy atom. The highest BCUT2D eigenvalue weighted by molar-refractivity contribution is 5.86. The van der Waals surface area contributed by atoms with Gasteiger partial charge in [-0.15, -0.1) is 0 Å². The fraction of sp³-hybridized carbons (Fsp3) is 0.286. The van der Waals surface area contributed by atoms with E-state index < -0.39 is 0 Å². The van der Waals surface area contributed by atoms with Gasteiger partial charge in [-0.25, -0.2) is 0 Å². The predicted octanol–water partition coefficient (Wildman–Crippen LogP) is 2.51. The monoisotopic (exact) mass is 229 g/mol. The Balaban J connectivity index is 1.98. The molecule has 2 N–H and O–H groups in total. The van der Waals surface area contributed by atoms with E-state index in [1.165, 1.54) is 10.9 Å². The van der Waals surface area contributed by atoms with Crippen LogP contribution in [0.15, 0.2) is 36.4 Å². The number of hydrogen-bond donors (Lipinski definition) is 1. The van der Waals surface area contributed by atoms with E-state index in [9.17, 15) is 0 Å². The fourth-order valence-electron chi connectivity index (χ4n) is 2.16. The summed E-state index contributed by atoms with van der Waals surface area (Å²) >= 11 is 0. The van der Waals surface area contributed by atoms with Gasteiger partial charge < -0.3 is 15.2 Å². The second-order valence-corrected chi connectivity index (χ2v) is 4.30. The Bertz CT molecular complexity index is 533. The van der Waals surface area contributed by atoms with Crippen LogP contribution in [0.1, 0.15) is 11.7 Å². The van der Waals surface area contributed by atoms with Crippen LogP contribution in [0.5, 0.6) is 0 Å². The zero-order valence-corrected chi connectivity index (χ0v) is 9.56. The van der Waals surface area contributed by atoms with E-state index in [4.69, 9.17) is 15.2 Å². The number of ether oxygens (including phenoxy) is 2. The molecule has 0 bridgehead atoms. The number of nitrogen functional groups attached to an aromatic ring is 1. The van der Waals surface area contributed by atoms with Gasteiger partial charge in [-0.05, 0) is 34.5 Å². The third kappa shape index (κ3) is 2.12. The summed E-state index contributed by atoms with van der Waals surface area (Å²) < 4.78 is 11.1. The molecule has 3 rings (SSSR count). The van der Waals surface area contributed by atoms with Crippen molar-refractivity contribution in [3.63, 3.8) is 0 Å². The molecule has 1 aliphatic rings. The Kier molecular flexibility index (Phi) is 2.71. The third-order valence-electron chi connectivity index (χ3n) is 3.08. The maximum atomic E-state index is 5.76. The van der Waals surface area contributed by atoms with Crippen LogP contribution in [-0.2, 0) is 9.47 Å². The molecule has 0 amide bonds. The van der Waals surface area contributed by atoms with Gasteiger partial charge in [-0.2, -0.15) is 0 Å². The molecule has 0 spiro atoms. The largest absolute Gasteiger partial charge is 0.399 e. The number of rotatable bonds is 1. The molecule has 1 unspecified atom stereocenters. The number of nitrogens with two attached hydrogens (primary N) is 1. The molecule has 1 atom stereocenters. The van der Waals surface area contributed by atoms with E-state index in [1.54, 1.807) is 0 Å². The van der Waals surface area contributed by atoms with E-state index in [0.29, 0.717) is 19.8 Å². The highest BCUT2D eigenvalue weighted by atomic mass is 16.6. The summed E-state index contributed by atoms with van der Waals surface area (Å²) in [4.78, 5) is 0. The van der Waals surface area contributed by atoms with Crippen molar-refractivity contribution in [2.75, 3.05) is 25.6 Å². The first-order chi connectivity index (χ1) is 8.33. The van der Waals surface area contributed by atoms with Crippen molar-refractivity contribution < 1.29 is 9.47 Å². The number of fused-ring (bicyclic) bond motifs is 1. The fourth-order valence-corrected chi connectivity index (χ4v) is 2.16. The summed E-state index contributed by atoms with van der Waals surface area (Å²) in [6, 6.07) is 12.3. The second-order valence-electron chi connectivity index (χ2n) is 4.30. The highest BCUT2D eigenvalue weighted by Gasteiger charge is 2.16. The molecule has 0 aliphatic carbocycles. The Morgan fingerprint density at radius 1 is 1.00 bits per heavy atom. The van der Waals surface area contributed by atoms with Crippen LogP contribution in [0, 0.1) is 0 Å². The average Bonchev–Trinajstić information content (AvgIpc) is 2.39. The minimum Gasteiger partial charge on any atom is -0.399 e. The smallest absolute Gasteiger partial charge is 0.106 e. The van der Waals surface area contributed by atoms with E-state index >= 15 is 0 Å². The highest BCUT2D eigenvalue weighted by Crippen LogP contribution is 2.25. The quantitative estimate of drug-likeness (QED) is 0.764. The molecule has 1 saturated heterocycles. The first-order valence-corrected chi connectivity index (χ1v) is 5.81. The zero-order chi connectivity index (χ0) is 11.7. The number of hydrogen-bond acceptors (Lipinski definition) is 3. The van der Waals surface area contributed by atoms with Gasteiger partial charge in [-0.1, -0.05) is 18.2 Å². The van der Waals surface area contributed by atoms with Gasteiger partial charge in [0.2, 0.25) is 0 Å². The summed E-state index contributed by atoms with van der Waals surface area (Å²) in [5.41, 5.74) is 7.72. The summed E-state index contributed by atoms with van der Waals surface area (Å²) in [5, 5.41) is 2.34. The molecule has 1 fully saturated rings. The molecular weight excluding hydrogens is 214 g/mol. The zero-order valence-electron chi connectivity index (χ0n) is 9.56. The van der Waals surface area contributed by atoms with Crippen molar-refractivity contribution in [3.8, 4) is 0 Å². The topological polar surface area (TPSA) is 44.5 Å². The van der Waals surface area contributed by atoms with Crippen LogP contribution < -0.4 is 5.73 Å². The molecule has 2 aromatic rings. The Labute approximate surface area is 100 Å². The average molecular weight is 229 g/mol. The lowest BCUT2D eigenvalue weighted by atomic mass is 10.0. The van der Waals surface area contributed by atoms with Crippen molar-refractivity contribution in [2.45, 2.75) is 6.10 Å². The van der Waals surface area contributed by atoms with Crippen molar-refractivity contribution in [1.29, 1.82) is 0 Å². The lowest BCUT2D eigenvalue weighted by Gasteiger charge is -2.23. The van der Waals surface area contributed by atoms with Gasteiger partial charge >= 0.3 is 0 Å². The van der Waals surface area contributed by atoms with Crippen LogP contribution in [0.4, 0.5) is 5.69 Å². The standard InChI is InChI=1S/C14H15NO2/c15-13-4-3-10-7-12(2-1-11(10)8-13)14-9-16-5-6-17-14/h1-4,7-8,14H,5-6,9,15H2. The molecule has 0 radical (unpaired) electrons. The summed E-state index contributed by atoms with van der Waals surface area (Å²) in [5.74, 6) is 0. The maximum Gasteiger partial charge on any atom is 0.106 e. The summed E-state index contributed by atoms with van der Waals surface area (Å²) in [6.07, 6.45) is 0.0608. The molecule has 17 heavy (non-hydrogen) atoms. The first-order valence-electron chi connectivity index (χ1n) is 5.81. The van der Waals surface area contributed by atoms with Crippen LogP contribution >= 0.6 is 0 Å². The molecule has 88 valence electrons. The van der Waals surface area contributed by atoms with E-state index in [0.717, 1.165) is 11.1 Å². The van der Waals surface area contributed by atoms with Crippen LogP contribution in [0.25, 0.3) is 10.8 Å². The number of anilines is 1. The lowest BCUT2D eigenvalue weighted by Crippen LogP contribution is -2.21. The van der Waals surface area contributed by atoms with Crippen LogP contribution in [-0.4, -0.2) is 19.8 Å². The molecule has 0 aromatic heterocycles. The van der Waals surface area contributed by atoms with Gasteiger partial charge in [0, 0.05) is 5.69 Å². The summed E-state index contributed by atoms with van der Waals surface area (Å²) in [6.45, 7) is 2.01. The molecule has 3 nitrogen and oxygen atoms in total. The van der Waals surface area contributed by atoms with Gasteiger partial charge in [0.1, 0.15) is 6.10 Å². The number of benzene rings is 2. The predicted molar refractivity (Wildman–Crippen MR) is 67.9 cm³/mol. The molecule has 3 heteroatoms. The van der Waals surface area contributed by atoms with Crippen LogP contribution in [0.2, 0.25) is 0 Å². The Hall–Kier alpha value is -1.58. The van der Waals surface area contributed by atoms with E-state index in [2.05, 4.69) is 18.2 Å². The van der Waals surface area contributed by atoms with E-state index in [-0.39, 0.29) is 6.10 Å². The van der Waals surface area contributed by atoms with Crippen molar-refractivity contribution in [3.05, 3.63) is 42.0 Å². The van der Waals surface area contributed by atoms with Crippen molar-refractivity contribution in [2.24, 2.45) is 0 Å². The van der Waals surface area contributed by atoms with Gasteiger partial charge in [0.25, 0.3) is 0 Å². The molecular formula is C14H15NO2. The molecule has 2 aromatic carbocycles. The second kappa shape index (κ2) is 4.35. The lowest BCUT2D eigenvalue weighted by molar-refractivity contribution is -0.0901. The van der Waals surface area contributed by atoms with Gasteiger partial charge in [-0.3, -0.25) is 0 Å². The van der Waals surface area contributed by atoms with Gasteiger partial charge in [0.05, 0.1) is 19.8 Å². The van der Waals surface area contributed by atoms with Crippen molar-refractivity contribution >= 4 is 16.5 Å². The van der Waals surface area contributed by atoms with Crippen molar-refractivity contribution in [1.82, 2.24) is 0 Å². The minimum atomic E-state index is 0.0608.